The van der Waals surface area contributed by atoms with E-state index in [0.29, 0.717) is 0 Å². The summed E-state index contributed by atoms with van der Waals surface area (Å²) >= 11 is 4.08. The molecule has 0 aliphatic carbocycles. The van der Waals surface area contributed by atoms with E-state index in [-0.39, 0.29) is 5.88 Å². The van der Waals surface area contributed by atoms with Gasteiger partial charge in [0.05, 0.1) is 5.52 Å². The predicted molar refractivity (Wildman–Crippen MR) is 48.0 cm³/mol. The Morgan fingerprint density at radius 2 is 2.00 bits per heavy atom. The summed E-state index contributed by atoms with van der Waals surface area (Å²) in [5, 5.41) is 10.2. The van der Waals surface area contributed by atoms with Crippen LogP contribution in [0.25, 0.3) is 10.9 Å². The lowest BCUT2D eigenvalue weighted by atomic mass is 10.3. The van der Waals surface area contributed by atoms with Crippen LogP contribution in [0.3, 0.4) is 0 Å². The molecule has 3 heteroatoms. The van der Waals surface area contributed by atoms with Crippen molar-refractivity contribution in [2.24, 2.45) is 0 Å². The van der Waals surface area contributed by atoms with Crippen LogP contribution in [0.2, 0.25) is 0 Å². The molecule has 1 aromatic carbocycles. The van der Waals surface area contributed by atoms with Crippen molar-refractivity contribution in [3.63, 3.8) is 0 Å². The standard InChI is InChI=1S/C8H7NOS/c10-8-5-6-3-1-2-4-7(6)9(8)11/h1-5,10-11H. The van der Waals surface area contributed by atoms with Crippen molar-refractivity contribution >= 4 is 23.7 Å². The van der Waals surface area contributed by atoms with Gasteiger partial charge in [0.1, 0.15) is 0 Å². The molecule has 0 amide bonds. The minimum atomic E-state index is 0.175. The normalized spacial score (nSPS) is 10.6. The first-order chi connectivity index (χ1) is 5.29. The second-order valence-electron chi connectivity index (χ2n) is 2.37. The van der Waals surface area contributed by atoms with Crippen molar-refractivity contribution in [3.8, 4) is 5.88 Å². The lowest BCUT2D eigenvalue weighted by Gasteiger charge is -1.93. The number of thiol groups is 1. The Morgan fingerprint density at radius 3 is 2.73 bits per heavy atom. The summed E-state index contributed by atoms with van der Waals surface area (Å²) in [7, 11) is 0. The fraction of sp³-hybridized carbons (Fsp3) is 0. The second-order valence-corrected chi connectivity index (χ2v) is 2.77. The summed E-state index contributed by atoms with van der Waals surface area (Å²) in [5.41, 5.74) is 0.924. The fourth-order valence-electron chi connectivity index (χ4n) is 1.13. The van der Waals surface area contributed by atoms with Gasteiger partial charge in [-0.2, -0.15) is 0 Å². The molecule has 0 aliphatic rings. The van der Waals surface area contributed by atoms with Crippen LogP contribution >= 0.6 is 12.8 Å². The summed E-state index contributed by atoms with van der Waals surface area (Å²) < 4.78 is 1.45. The molecular formula is C8H7NOS. The summed E-state index contributed by atoms with van der Waals surface area (Å²) in [5.74, 6) is 0.175. The summed E-state index contributed by atoms with van der Waals surface area (Å²) in [6, 6.07) is 9.36. The van der Waals surface area contributed by atoms with Gasteiger partial charge in [-0.1, -0.05) is 31.0 Å². The third kappa shape index (κ3) is 0.886. The van der Waals surface area contributed by atoms with E-state index in [9.17, 15) is 5.11 Å². The van der Waals surface area contributed by atoms with E-state index >= 15 is 0 Å². The van der Waals surface area contributed by atoms with E-state index in [1.54, 1.807) is 6.07 Å². The van der Waals surface area contributed by atoms with Crippen LogP contribution in [0.1, 0.15) is 0 Å². The van der Waals surface area contributed by atoms with Crippen LogP contribution < -0.4 is 0 Å². The molecule has 0 unspecified atom stereocenters. The molecule has 11 heavy (non-hydrogen) atoms. The van der Waals surface area contributed by atoms with Gasteiger partial charge >= 0.3 is 0 Å². The highest BCUT2D eigenvalue weighted by atomic mass is 32.1. The van der Waals surface area contributed by atoms with Crippen molar-refractivity contribution < 1.29 is 5.11 Å². The molecule has 0 spiro atoms. The maximum Gasteiger partial charge on any atom is 0.202 e. The summed E-state index contributed by atoms with van der Waals surface area (Å²) in [4.78, 5) is 0. The Kier molecular flexibility index (Phi) is 1.32. The van der Waals surface area contributed by atoms with Gasteiger partial charge in [-0.05, 0) is 6.07 Å². The SMILES string of the molecule is Oc1cc2ccccc2n1S. The Bertz CT molecular complexity index is 394. The highest BCUT2D eigenvalue weighted by Gasteiger charge is 2.01. The van der Waals surface area contributed by atoms with Crippen LogP contribution in [0, 0.1) is 0 Å². The van der Waals surface area contributed by atoms with Gasteiger partial charge < -0.3 is 5.11 Å². The first-order valence-corrected chi connectivity index (χ1v) is 3.68. The Labute approximate surface area is 69.6 Å². The van der Waals surface area contributed by atoms with Gasteiger partial charge in [0.15, 0.2) is 0 Å². The maximum atomic E-state index is 9.23. The molecule has 0 fully saturated rings. The zero-order valence-electron chi connectivity index (χ0n) is 5.73. The molecule has 0 aliphatic heterocycles. The number of aromatic nitrogens is 1. The molecule has 0 saturated carbocycles. The fourth-order valence-corrected chi connectivity index (χ4v) is 1.37. The van der Waals surface area contributed by atoms with Gasteiger partial charge in [-0.15, -0.1) is 0 Å². The van der Waals surface area contributed by atoms with Gasteiger partial charge in [0.2, 0.25) is 5.88 Å². The van der Waals surface area contributed by atoms with Gasteiger partial charge in [0, 0.05) is 11.5 Å². The van der Waals surface area contributed by atoms with E-state index in [0.717, 1.165) is 10.9 Å². The van der Waals surface area contributed by atoms with Gasteiger partial charge in [0.25, 0.3) is 0 Å². The predicted octanol–water partition coefficient (Wildman–Crippen LogP) is 2.04. The Morgan fingerprint density at radius 1 is 1.27 bits per heavy atom. The van der Waals surface area contributed by atoms with Crippen LogP contribution in [-0.4, -0.2) is 9.08 Å². The summed E-state index contributed by atoms with van der Waals surface area (Å²) in [6.45, 7) is 0. The first kappa shape index (κ1) is 6.61. The highest BCUT2D eigenvalue weighted by Crippen LogP contribution is 2.24. The van der Waals surface area contributed by atoms with E-state index in [1.807, 2.05) is 24.3 Å². The second kappa shape index (κ2) is 2.20. The molecule has 0 bridgehead atoms. The van der Waals surface area contributed by atoms with Crippen molar-refractivity contribution in [1.29, 1.82) is 0 Å². The van der Waals surface area contributed by atoms with Crippen LogP contribution in [0.4, 0.5) is 0 Å². The molecule has 1 heterocycles. The van der Waals surface area contributed by atoms with Crippen molar-refractivity contribution in [2.45, 2.75) is 0 Å². The molecule has 56 valence electrons. The van der Waals surface area contributed by atoms with Crippen molar-refractivity contribution in [1.82, 2.24) is 3.97 Å². The average Bonchev–Trinajstić information content (AvgIpc) is 2.30. The molecule has 2 nitrogen and oxygen atoms in total. The largest absolute Gasteiger partial charge is 0.494 e. The molecule has 2 aromatic rings. The first-order valence-electron chi connectivity index (χ1n) is 3.28. The number of benzene rings is 1. The van der Waals surface area contributed by atoms with E-state index in [4.69, 9.17) is 0 Å². The molecule has 2 rings (SSSR count). The smallest absolute Gasteiger partial charge is 0.202 e. The van der Waals surface area contributed by atoms with Gasteiger partial charge in [-0.25, -0.2) is 0 Å². The molecule has 1 aromatic heterocycles. The number of nitrogens with zero attached hydrogens (tertiary/aromatic N) is 1. The molecule has 0 radical (unpaired) electrons. The minimum absolute atomic E-state index is 0.175. The van der Waals surface area contributed by atoms with Gasteiger partial charge in [-0.3, -0.25) is 3.97 Å². The maximum absolute atomic E-state index is 9.23. The monoisotopic (exact) mass is 165 g/mol. The quantitative estimate of drug-likeness (QED) is 0.574. The molecule has 1 N–H and O–H groups in total. The van der Waals surface area contributed by atoms with E-state index in [1.165, 1.54) is 3.97 Å². The number of para-hydroxylation sites is 1. The molecular weight excluding hydrogens is 158 g/mol. The highest BCUT2D eigenvalue weighted by molar-refractivity contribution is 7.78. The zero-order chi connectivity index (χ0) is 7.84. The topological polar surface area (TPSA) is 25.2 Å². The van der Waals surface area contributed by atoms with Crippen molar-refractivity contribution in [3.05, 3.63) is 30.3 Å². The number of rotatable bonds is 0. The van der Waals surface area contributed by atoms with E-state index < -0.39 is 0 Å². The van der Waals surface area contributed by atoms with Crippen LogP contribution in [0.5, 0.6) is 5.88 Å². The minimum Gasteiger partial charge on any atom is -0.494 e. The summed E-state index contributed by atoms with van der Waals surface area (Å²) in [6.07, 6.45) is 0. The van der Waals surface area contributed by atoms with Crippen molar-refractivity contribution in [2.75, 3.05) is 0 Å². The molecule has 0 saturated heterocycles. The Balaban J connectivity index is 2.92. The molecule has 0 atom stereocenters. The van der Waals surface area contributed by atoms with E-state index in [2.05, 4.69) is 12.8 Å². The number of fused-ring (bicyclic) bond motifs is 1. The zero-order valence-corrected chi connectivity index (χ0v) is 6.62. The Hall–Kier alpha value is -1.09. The average molecular weight is 165 g/mol. The number of hydrogen-bond acceptors (Lipinski definition) is 2. The number of aromatic hydroxyl groups is 1. The van der Waals surface area contributed by atoms with Crippen LogP contribution in [0.15, 0.2) is 30.3 Å². The van der Waals surface area contributed by atoms with Crippen LogP contribution in [-0.2, 0) is 0 Å². The third-order valence-electron chi connectivity index (χ3n) is 1.67. The lowest BCUT2D eigenvalue weighted by molar-refractivity contribution is 0.454. The number of hydrogen-bond donors (Lipinski definition) is 2. The lowest BCUT2D eigenvalue weighted by Crippen LogP contribution is -1.75. The third-order valence-corrected chi connectivity index (χ3v) is 2.09.